The van der Waals surface area contributed by atoms with Gasteiger partial charge in [-0.2, -0.15) is 0 Å². The van der Waals surface area contributed by atoms with Gasteiger partial charge in [0, 0.05) is 25.7 Å². The van der Waals surface area contributed by atoms with Gasteiger partial charge >= 0.3 is 39.5 Å². The van der Waals surface area contributed by atoms with Gasteiger partial charge in [-0.25, -0.2) is 9.13 Å². The highest BCUT2D eigenvalue weighted by Crippen LogP contribution is 2.45. The summed E-state index contributed by atoms with van der Waals surface area (Å²) in [6.07, 6.45) is 59.7. The molecule has 0 aliphatic rings. The van der Waals surface area contributed by atoms with Gasteiger partial charge in [-0.15, -0.1) is 0 Å². The first kappa shape index (κ1) is 100. The predicted molar refractivity (Wildman–Crippen MR) is 418 cm³/mol. The van der Waals surface area contributed by atoms with Crippen LogP contribution >= 0.6 is 15.6 Å². The molecule has 6 unspecified atom stereocenters. The molecule has 0 radical (unpaired) electrons. The number of phosphoric ester groups is 2. The van der Waals surface area contributed by atoms with Gasteiger partial charge in [0.1, 0.15) is 19.3 Å². The molecule has 0 heterocycles. The first-order valence-corrected chi connectivity index (χ1v) is 45.8. The van der Waals surface area contributed by atoms with Crippen LogP contribution in [0.15, 0.2) is 0 Å². The molecule has 0 fully saturated rings. The molecule has 0 spiro atoms. The molecule has 17 nitrogen and oxygen atoms in total. The summed E-state index contributed by atoms with van der Waals surface area (Å²) in [4.78, 5) is 73.0. The van der Waals surface area contributed by atoms with E-state index in [1.54, 1.807) is 0 Å². The molecular formula is C83H162O17P2. The minimum Gasteiger partial charge on any atom is -0.462 e. The minimum atomic E-state index is -4.96. The van der Waals surface area contributed by atoms with Crippen molar-refractivity contribution in [2.45, 2.75) is 446 Å². The highest BCUT2D eigenvalue weighted by atomic mass is 31.2. The van der Waals surface area contributed by atoms with E-state index in [-0.39, 0.29) is 25.7 Å². The Morgan fingerprint density at radius 1 is 0.275 bits per heavy atom. The molecule has 102 heavy (non-hydrogen) atoms. The van der Waals surface area contributed by atoms with Crippen LogP contribution in [-0.4, -0.2) is 96.7 Å². The van der Waals surface area contributed by atoms with Gasteiger partial charge in [0.2, 0.25) is 0 Å². The van der Waals surface area contributed by atoms with Gasteiger partial charge in [0.15, 0.2) is 12.2 Å². The lowest BCUT2D eigenvalue weighted by Gasteiger charge is -2.21. The summed E-state index contributed by atoms with van der Waals surface area (Å²) in [7, 11) is -9.92. The zero-order chi connectivity index (χ0) is 75.3. The Hall–Kier alpha value is -1.94. The van der Waals surface area contributed by atoms with E-state index in [1.165, 1.54) is 225 Å². The number of hydrogen-bond acceptors (Lipinski definition) is 15. The molecule has 0 bridgehead atoms. The fraction of sp³-hybridized carbons (Fsp3) is 0.952. The van der Waals surface area contributed by atoms with E-state index in [0.29, 0.717) is 31.6 Å². The Bertz CT molecular complexity index is 1990. The lowest BCUT2D eigenvalue weighted by Crippen LogP contribution is -2.30. The van der Waals surface area contributed by atoms with Crippen LogP contribution in [0, 0.1) is 23.7 Å². The summed E-state index contributed by atoms with van der Waals surface area (Å²) in [6, 6.07) is 0. The number of aliphatic hydroxyl groups excluding tert-OH is 1. The third-order valence-corrected chi connectivity index (χ3v) is 22.3. The molecule has 0 aromatic rings. The van der Waals surface area contributed by atoms with Gasteiger partial charge < -0.3 is 33.8 Å². The molecule has 0 rings (SSSR count). The van der Waals surface area contributed by atoms with Crippen molar-refractivity contribution in [3.05, 3.63) is 0 Å². The van der Waals surface area contributed by atoms with E-state index in [0.717, 1.165) is 114 Å². The minimum absolute atomic E-state index is 0.104. The molecular weight excluding hydrogens is 1330 g/mol. The fourth-order valence-electron chi connectivity index (χ4n) is 12.7. The first-order valence-electron chi connectivity index (χ1n) is 42.8. The number of carbonyl (C=O) groups excluding carboxylic acids is 4. The smallest absolute Gasteiger partial charge is 0.462 e. The maximum Gasteiger partial charge on any atom is 0.472 e. The molecule has 19 heteroatoms. The third kappa shape index (κ3) is 72.3. The van der Waals surface area contributed by atoms with Gasteiger partial charge in [0.25, 0.3) is 0 Å². The maximum atomic E-state index is 13.1. The second-order valence-electron chi connectivity index (χ2n) is 31.1. The number of unbranched alkanes of at least 4 members (excludes halogenated alkanes) is 43. The number of hydrogen-bond donors (Lipinski definition) is 3. The zero-order valence-corrected chi connectivity index (χ0v) is 69.0. The van der Waals surface area contributed by atoms with E-state index in [4.69, 9.17) is 37.0 Å². The summed E-state index contributed by atoms with van der Waals surface area (Å²) in [5, 5.41) is 10.6. The molecule has 606 valence electrons. The standard InChI is InChI=1S/C83H162O17P2/c1-9-74(6)60-52-44-36-28-24-20-16-14-12-13-15-17-22-26-30-39-47-55-63-80(85)93-69-78(99-82(87)65-57-49-40-31-27-23-19-18-21-25-29-37-45-53-61-75(7)10-2)71-97-101(89,90)95-67-77(84)68-96-102(91,92)98-72-79(70-94-81(86)64-56-48-42-34-35-43-51-59-73(4)5)100-83(88)66-58-50-41-33-32-38-46-54-62-76(8)11-3/h73-79,84H,9-72H2,1-8H3,(H,89,90)(H,91,92)/t74?,75?,76?,77?,78-,79-/m1/s1. The van der Waals surface area contributed by atoms with Crippen molar-refractivity contribution in [2.75, 3.05) is 39.6 Å². The predicted octanol–water partition coefficient (Wildman–Crippen LogP) is 24.8. The molecule has 0 aromatic heterocycles. The number of phosphoric acid groups is 2. The summed E-state index contributed by atoms with van der Waals surface area (Å²) in [5.74, 6) is 1.08. The van der Waals surface area contributed by atoms with E-state index >= 15 is 0 Å². The highest BCUT2D eigenvalue weighted by molar-refractivity contribution is 7.47. The molecule has 8 atom stereocenters. The molecule has 0 amide bonds. The van der Waals surface area contributed by atoms with Gasteiger partial charge in [-0.3, -0.25) is 37.3 Å². The van der Waals surface area contributed by atoms with Crippen LogP contribution in [0.1, 0.15) is 428 Å². The van der Waals surface area contributed by atoms with Crippen LogP contribution in [0.5, 0.6) is 0 Å². The van der Waals surface area contributed by atoms with Crippen LogP contribution < -0.4 is 0 Å². The van der Waals surface area contributed by atoms with Crippen LogP contribution in [0.25, 0.3) is 0 Å². The monoisotopic (exact) mass is 1490 g/mol. The Morgan fingerprint density at radius 3 is 0.696 bits per heavy atom. The summed E-state index contributed by atoms with van der Waals surface area (Å²) in [6.45, 7) is 14.3. The van der Waals surface area contributed by atoms with Crippen molar-refractivity contribution >= 4 is 39.5 Å². The normalized spacial score (nSPS) is 14.8. The Labute approximate surface area is 626 Å². The first-order chi connectivity index (χ1) is 49.2. The second-order valence-corrected chi connectivity index (χ2v) is 34.0. The second kappa shape index (κ2) is 72.0. The lowest BCUT2D eigenvalue weighted by molar-refractivity contribution is -0.161. The fourth-order valence-corrected chi connectivity index (χ4v) is 14.3. The molecule has 3 N–H and O–H groups in total. The summed E-state index contributed by atoms with van der Waals surface area (Å²) in [5.41, 5.74) is 0. The number of aliphatic hydroxyl groups is 1. The Balaban J connectivity index is 5.21. The maximum absolute atomic E-state index is 13.1. The molecule has 0 aromatic carbocycles. The van der Waals surface area contributed by atoms with Gasteiger partial charge in [-0.05, 0) is 49.4 Å². The largest absolute Gasteiger partial charge is 0.472 e. The van der Waals surface area contributed by atoms with Crippen molar-refractivity contribution in [1.29, 1.82) is 0 Å². The number of ether oxygens (including phenoxy) is 4. The quantitative estimate of drug-likeness (QED) is 0.0222. The van der Waals surface area contributed by atoms with Crippen molar-refractivity contribution < 1.29 is 80.2 Å². The van der Waals surface area contributed by atoms with Crippen LogP contribution in [0.2, 0.25) is 0 Å². The molecule has 0 saturated heterocycles. The van der Waals surface area contributed by atoms with Gasteiger partial charge in [0.05, 0.1) is 26.4 Å². The van der Waals surface area contributed by atoms with E-state index in [2.05, 4.69) is 55.4 Å². The third-order valence-electron chi connectivity index (χ3n) is 20.4. The topological polar surface area (TPSA) is 237 Å². The SMILES string of the molecule is CCC(C)CCCCCCCCCCCCCCCCCCCCC(=O)OC[C@H](COP(=O)(O)OCC(O)COP(=O)(O)OC[C@@H](COC(=O)CCCCCCCCCC(C)C)OC(=O)CCCCCCCCCCC(C)CC)OC(=O)CCCCCCCCCCCCCCCCC(C)CC. The van der Waals surface area contributed by atoms with E-state index < -0.39 is 97.5 Å². The van der Waals surface area contributed by atoms with Crippen LogP contribution in [0.4, 0.5) is 0 Å². The van der Waals surface area contributed by atoms with Crippen molar-refractivity contribution in [2.24, 2.45) is 23.7 Å². The Kier molecular flexibility index (Phi) is 70.6. The average Bonchev–Trinajstić information content (AvgIpc) is 0.911. The van der Waals surface area contributed by atoms with E-state index in [1.807, 2.05) is 0 Å². The highest BCUT2D eigenvalue weighted by Gasteiger charge is 2.30. The number of carbonyl (C=O) groups is 4. The van der Waals surface area contributed by atoms with E-state index in [9.17, 15) is 43.2 Å². The van der Waals surface area contributed by atoms with Crippen LogP contribution in [-0.2, 0) is 65.4 Å². The van der Waals surface area contributed by atoms with Crippen molar-refractivity contribution in [3.63, 3.8) is 0 Å². The van der Waals surface area contributed by atoms with Crippen molar-refractivity contribution in [3.8, 4) is 0 Å². The lowest BCUT2D eigenvalue weighted by atomic mass is 9.99. The summed E-state index contributed by atoms with van der Waals surface area (Å²) >= 11 is 0. The van der Waals surface area contributed by atoms with Crippen LogP contribution in [0.3, 0.4) is 0 Å². The number of esters is 4. The number of rotatable bonds is 80. The Morgan fingerprint density at radius 2 is 0.471 bits per heavy atom. The zero-order valence-electron chi connectivity index (χ0n) is 67.2. The molecule has 0 saturated carbocycles. The summed E-state index contributed by atoms with van der Waals surface area (Å²) < 4.78 is 68.7. The average molecular weight is 1490 g/mol. The molecule has 0 aliphatic carbocycles. The van der Waals surface area contributed by atoms with Gasteiger partial charge in [-0.1, -0.05) is 376 Å². The molecule has 0 aliphatic heterocycles. The van der Waals surface area contributed by atoms with Crippen molar-refractivity contribution in [1.82, 2.24) is 0 Å².